The number of anilines is 1. The predicted molar refractivity (Wildman–Crippen MR) is 87.5 cm³/mol. The second-order valence-corrected chi connectivity index (χ2v) is 5.04. The molecule has 114 valence electrons. The molecule has 1 N–H and O–H groups in total. The first-order valence-electron chi connectivity index (χ1n) is 6.97. The van der Waals surface area contributed by atoms with Crippen LogP contribution < -0.4 is 5.32 Å². The number of para-hydroxylation sites is 1. The molecule has 3 rings (SSSR count). The van der Waals surface area contributed by atoms with E-state index in [1.807, 2.05) is 24.3 Å². The number of rotatable bonds is 3. The minimum absolute atomic E-state index is 0.0753. The van der Waals surface area contributed by atoms with E-state index in [0.29, 0.717) is 16.8 Å². The average Bonchev–Trinajstić information content (AvgIpc) is 2.55. The SMILES string of the molecule is Cc1c(C(=O)Nc2cccc3cccnc23)cccc1[N+](=O)[O-]. The number of nitro benzene ring substituents is 1. The van der Waals surface area contributed by atoms with Gasteiger partial charge in [-0.3, -0.25) is 19.9 Å². The quantitative estimate of drug-likeness (QED) is 0.590. The van der Waals surface area contributed by atoms with Gasteiger partial charge in [-0.05, 0) is 25.1 Å². The zero-order valence-electron chi connectivity index (χ0n) is 12.3. The third-order valence-corrected chi connectivity index (χ3v) is 3.63. The second kappa shape index (κ2) is 5.84. The van der Waals surface area contributed by atoms with Gasteiger partial charge in [0.05, 0.1) is 16.1 Å². The Kier molecular flexibility index (Phi) is 3.72. The van der Waals surface area contributed by atoms with E-state index >= 15 is 0 Å². The lowest BCUT2D eigenvalue weighted by Crippen LogP contribution is -2.14. The van der Waals surface area contributed by atoms with Crippen molar-refractivity contribution < 1.29 is 9.72 Å². The molecular weight excluding hydrogens is 294 g/mol. The van der Waals surface area contributed by atoms with Crippen LogP contribution in [0.1, 0.15) is 15.9 Å². The Morgan fingerprint density at radius 3 is 2.65 bits per heavy atom. The van der Waals surface area contributed by atoms with E-state index in [-0.39, 0.29) is 11.3 Å². The Balaban J connectivity index is 1.99. The lowest BCUT2D eigenvalue weighted by atomic mass is 10.1. The molecule has 23 heavy (non-hydrogen) atoms. The molecule has 0 aliphatic rings. The van der Waals surface area contributed by atoms with Gasteiger partial charge >= 0.3 is 0 Å². The molecule has 0 unspecified atom stereocenters. The lowest BCUT2D eigenvalue weighted by molar-refractivity contribution is -0.385. The Hall–Kier alpha value is -3.28. The first-order chi connectivity index (χ1) is 11.1. The summed E-state index contributed by atoms with van der Waals surface area (Å²) in [6.45, 7) is 1.56. The van der Waals surface area contributed by atoms with E-state index in [1.165, 1.54) is 12.1 Å². The first kappa shape index (κ1) is 14.6. The molecule has 0 saturated heterocycles. The lowest BCUT2D eigenvalue weighted by Gasteiger charge is -2.09. The molecule has 6 nitrogen and oxygen atoms in total. The molecule has 0 saturated carbocycles. The number of carbonyl (C=O) groups is 1. The fourth-order valence-electron chi connectivity index (χ4n) is 2.46. The number of hydrogen-bond acceptors (Lipinski definition) is 4. The normalized spacial score (nSPS) is 10.5. The van der Waals surface area contributed by atoms with Crippen LogP contribution in [0.5, 0.6) is 0 Å². The summed E-state index contributed by atoms with van der Waals surface area (Å²) in [5.41, 5.74) is 1.77. The fraction of sp³-hybridized carbons (Fsp3) is 0.0588. The van der Waals surface area contributed by atoms with Gasteiger partial charge in [0.25, 0.3) is 11.6 Å². The van der Waals surface area contributed by atoms with Gasteiger partial charge in [0, 0.05) is 28.8 Å². The summed E-state index contributed by atoms with van der Waals surface area (Å²) in [6.07, 6.45) is 1.65. The monoisotopic (exact) mass is 307 g/mol. The number of benzene rings is 2. The summed E-state index contributed by atoms with van der Waals surface area (Å²) in [5, 5.41) is 14.7. The number of pyridine rings is 1. The summed E-state index contributed by atoms with van der Waals surface area (Å²) in [6, 6.07) is 13.6. The van der Waals surface area contributed by atoms with Gasteiger partial charge in [0.2, 0.25) is 0 Å². The molecule has 0 bridgehead atoms. The number of carbonyl (C=O) groups excluding carboxylic acids is 1. The zero-order valence-corrected chi connectivity index (χ0v) is 12.3. The van der Waals surface area contributed by atoms with Gasteiger partial charge in [-0.25, -0.2) is 0 Å². The number of nitrogens with one attached hydrogen (secondary N) is 1. The molecule has 1 amide bonds. The molecule has 0 aliphatic heterocycles. The molecule has 0 spiro atoms. The van der Waals surface area contributed by atoms with Gasteiger partial charge in [-0.2, -0.15) is 0 Å². The smallest absolute Gasteiger partial charge is 0.273 e. The molecule has 0 aliphatic carbocycles. The van der Waals surface area contributed by atoms with Crippen molar-refractivity contribution >= 4 is 28.2 Å². The van der Waals surface area contributed by atoms with Crippen molar-refractivity contribution in [3.05, 3.63) is 76.0 Å². The van der Waals surface area contributed by atoms with Crippen LogP contribution >= 0.6 is 0 Å². The summed E-state index contributed by atoms with van der Waals surface area (Å²) >= 11 is 0. The van der Waals surface area contributed by atoms with Crippen molar-refractivity contribution in [1.29, 1.82) is 0 Å². The Labute approximate surface area is 131 Å². The number of nitrogens with zero attached hydrogens (tertiary/aromatic N) is 2. The van der Waals surface area contributed by atoms with Crippen LogP contribution in [0.2, 0.25) is 0 Å². The number of nitro groups is 1. The highest BCUT2D eigenvalue weighted by molar-refractivity contribution is 6.09. The highest BCUT2D eigenvalue weighted by atomic mass is 16.6. The molecular formula is C17H13N3O3. The summed E-state index contributed by atoms with van der Waals surface area (Å²) in [4.78, 5) is 27.3. The van der Waals surface area contributed by atoms with Crippen molar-refractivity contribution in [1.82, 2.24) is 4.98 Å². The number of fused-ring (bicyclic) bond motifs is 1. The van der Waals surface area contributed by atoms with Crippen LogP contribution in [0, 0.1) is 17.0 Å². The number of amides is 1. The van der Waals surface area contributed by atoms with Gasteiger partial charge in [0.1, 0.15) is 0 Å². The van der Waals surface area contributed by atoms with Crippen molar-refractivity contribution in [2.75, 3.05) is 5.32 Å². The maximum absolute atomic E-state index is 12.5. The zero-order chi connectivity index (χ0) is 16.4. The van der Waals surface area contributed by atoms with Gasteiger partial charge in [-0.15, -0.1) is 0 Å². The summed E-state index contributed by atoms with van der Waals surface area (Å²) in [7, 11) is 0. The highest BCUT2D eigenvalue weighted by Gasteiger charge is 2.18. The minimum atomic E-state index is -0.494. The van der Waals surface area contributed by atoms with E-state index in [4.69, 9.17) is 0 Å². The van der Waals surface area contributed by atoms with Crippen molar-refractivity contribution in [2.45, 2.75) is 6.92 Å². The second-order valence-electron chi connectivity index (χ2n) is 5.04. The predicted octanol–water partition coefficient (Wildman–Crippen LogP) is 3.70. The van der Waals surface area contributed by atoms with E-state index in [1.54, 1.807) is 25.3 Å². The molecule has 0 atom stereocenters. The van der Waals surface area contributed by atoms with Gasteiger partial charge in [0.15, 0.2) is 0 Å². The minimum Gasteiger partial charge on any atom is -0.320 e. The average molecular weight is 307 g/mol. The molecule has 0 radical (unpaired) electrons. The number of aromatic nitrogens is 1. The van der Waals surface area contributed by atoms with Crippen LogP contribution in [0.25, 0.3) is 10.9 Å². The van der Waals surface area contributed by atoms with E-state index in [9.17, 15) is 14.9 Å². The van der Waals surface area contributed by atoms with E-state index < -0.39 is 10.8 Å². The molecule has 3 aromatic rings. The molecule has 1 aromatic heterocycles. The molecule has 6 heteroatoms. The largest absolute Gasteiger partial charge is 0.320 e. The van der Waals surface area contributed by atoms with Crippen molar-refractivity contribution in [3.8, 4) is 0 Å². The van der Waals surface area contributed by atoms with Crippen molar-refractivity contribution in [2.24, 2.45) is 0 Å². The van der Waals surface area contributed by atoms with Crippen LogP contribution in [0.15, 0.2) is 54.7 Å². The van der Waals surface area contributed by atoms with Gasteiger partial charge < -0.3 is 5.32 Å². The molecule has 0 fully saturated rings. The van der Waals surface area contributed by atoms with Crippen LogP contribution in [0.3, 0.4) is 0 Å². The fourth-order valence-corrected chi connectivity index (χ4v) is 2.46. The highest BCUT2D eigenvalue weighted by Crippen LogP contribution is 2.24. The third kappa shape index (κ3) is 2.74. The summed E-state index contributed by atoms with van der Waals surface area (Å²) in [5.74, 6) is -0.399. The van der Waals surface area contributed by atoms with E-state index in [0.717, 1.165) is 5.39 Å². The standard InChI is InChI=1S/C17H13N3O3/c1-11-13(7-3-9-15(11)20(22)23)17(21)19-14-8-2-5-12-6-4-10-18-16(12)14/h2-10H,1H3,(H,19,21). The van der Waals surface area contributed by atoms with E-state index in [2.05, 4.69) is 10.3 Å². The van der Waals surface area contributed by atoms with Gasteiger partial charge in [-0.1, -0.05) is 24.3 Å². The van der Waals surface area contributed by atoms with Crippen molar-refractivity contribution in [3.63, 3.8) is 0 Å². The Bertz CT molecular complexity index is 917. The van der Waals surface area contributed by atoms with Crippen LogP contribution in [-0.4, -0.2) is 15.8 Å². The van der Waals surface area contributed by atoms with Crippen LogP contribution in [-0.2, 0) is 0 Å². The topological polar surface area (TPSA) is 85.1 Å². The Morgan fingerprint density at radius 2 is 1.87 bits per heavy atom. The first-order valence-corrected chi connectivity index (χ1v) is 6.97. The maximum Gasteiger partial charge on any atom is 0.273 e. The third-order valence-electron chi connectivity index (χ3n) is 3.63. The van der Waals surface area contributed by atoms with Crippen LogP contribution in [0.4, 0.5) is 11.4 Å². The Morgan fingerprint density at radius 1 is 1.13 bits per heavy atom. The molecule has 2 aromatic carbocycles. The maximum atomic E-state index is 12.5. The molecule has 1 heterocycles. The summed E-state index contributed by atoms with van der Waals surface area (Å²) < 4.78 is 0. The number of hydrogen-bond donors (Lipinski definition) is 1.